The summed E-state index contributed by atoms with van der Waals surface area (Å²) in [6.45, 7) is 4.54. The van der Waals surface area contributed by atoms with E-state index in [1.807, 2.05) is 13.8 Å². The fourth-order valence-electron chi connectivity index (χ4n) is 1.41. The SMILES string of the molecule is CCN(CC(=O)N(C)C)C(=O)CCCC(C)N. The van der Waals surface area contributed by atoms with E-state index in [4.69, 9.17) is 5.73 Å². The molecule has 1 unspecified atom stereocenters. The van der Waals surface area contributed by atoms with E-state index >= 15 is 0 Å². The van der Waals surface area contributed by atoms with Crippen molar-refractivity contribution in [1.82, 2.24) is 9.80 Å². The third kappa shape index (κ3) is 6.94. The first-order chi connectivity index (χ1) is 7.88. The monoisotopic (exact) mass is 243 g/mol. The number of hydrogen-bond acceptors (Lipinski definition) is 3. The van der Waals surface area contributed by atoms with Gasteiger partial charge in [0.15, 0.2) is 0 Å². The number of nitrogens with zero attached hydrogens (tertiary/aromatic N) is 2. The Morgan fingerprint density at radius 1 is 1.24 bits per heavy atom. The Balaban J connectivity index is 4.08. The van der Waals surface area contributed by atoms with Gasteiger partial charge in [-0.25, -0.2) is 0 Å². The largest absolute Gasteiger partial charge is 0.347 e. The van der Waals surface area contributed by atoms with Gasteiger partial charge in [0.1, 0.15) is 0 Å². The van der Waals surface area contributed by atoms with Crippen LogP contribution in [-0.4, -0.2) is 54.8 Å². The summed E-state index contributed by atoms with van der Waals surface area (Å²) in [5, 5.41) is 0. The predicted octanol–water partition coefficient (Wildman–Crippen LogP) is 0.441. The highest BCUT2D eigenvalue weighted by atomic mass is 16.2. The molecule has 0 aliphatic heterocycles. The number of carbonyl (C=O) groups is 2. The van der Waals surface area contributed by atoms with E-state index in [-0.39, 0.29) is 24.4 Å². The number of likely N-dealkylation sites (N-methyl/N-ethyl adjacent to an activating group) is 2. The molecule has 1 atom stereocenters. The van der Waals surface area contributed by atoms with Crippen LogP contribution in [-0.2, 0) is 9.59 Å². The van der Waals surface area contributed by atoms with E-state index in [1.165, 1.54) is 4.90 Å². The quantitative estimate of drug-likeness (QED) is 0.705. The predicted molar refractivity (Wildman–Crippen MR) is 68.4 cm³/mol. The van der Waals surface area contributed by atoms with Crippen molar-refractivity contribution in [3.63, 3.8) is 0 Å². The maximum absolute atomic E-state index is 11.8. The molecule has 0 spiro atoms. The fourth-order valence-corrected chi connectivity index (χ4v) is 1.41. The average molecular weight is 243 g/mol. The lowest BCUT2D eigenvalue weighted by molar-refractivity contribution is -0.139. The molecule has 0 rings (SSSR count). The van der Waals surface area contributed by atoms with Crippen LogP contribution in [0.3, 0.4) is 0 Å². The first-order valence-corrected chi connectivity index (χ1v) is 6.12. The van der Waals surface area contributed by atoms with Crippen molar-refractivity contribution in [3.8, 4) is 0 Å². The van der Waals surface area contributed by atoms with Crippen molar-refractivity contribution in [2.24, 2.45) is 5.73 Å². The van der Waals surface area contributed by atoms with Gasteiger partial charge >= 0.3 is 0 Å². The molecule has 0 aromatic heterocycles. The van der Waals surface area contributed by atoms with Gasteiger partial charge in [0.25, 0.3) is 0 Å². The molecular formula is C12H25N3O2. The van der Waals surface area contributed by atoms with E-state index in [0.29, 0.717) is 13.0 Å². The maximum atomic E-state index is 11.8. The van der Waals surface area contributed by atoms with Gasteiger partial charge in [0, 0.05) is 33.1 Å². The zero-order valence-electron chi connectivity index (χ0n) is 11.4. The zero-order chi connectivity index (χ0) is 13.4. The van der Waals surface area contributed by atoms with Crippen molar-refractivity contribution in [3.05, 3.63) is 0 Å². The fraction of sp³-hybridized carbons (Fsp3) is 0.833. The summed E-state index contributed by atoms with van der Waals surface area (Å²) in [6.07, 6.45) is 2.09. The molecule has 0 saturated heterocycles. The Bertz CT molecular complexity index is 252. The summed E-state index contributed by atoms with van der Waals surface area (Å²) in [7, 11) is 3.38. The second-order valence-corrected chi connectivity index (χ2v) is 4.57. The molecule has 0 aliphatic rings. The molecule has 5 nitrogen and oxygen atoms in total. The number of nitrogens with two attached hydrogens (primary N) is 1. The van der Waals surface area contributed by atoms with Gasteiger partial charge < -0.3 is 15.5 Å². The molecule has 0 radical (unpaired) electrons. The van der Waals surface area contributed by atoms with Crippen LogP contribution in [0.2, 0.25) is 0 Å². The summed E-state index contributed by atoms with van der Waals surface area (Å²) in [5.74, 6) is -0.0178. The molecule has 0 fully saturated rings. The molecule has 0 bridgehead atoms. The number of amides is 2. The van der Waals surface area contributed by atoms with Crippen molar-refractivity contribution in [2.75, 3.05) is 27.2 Å². The zero-order valence-corrected chi connectivity index (χ0v) is 11.4. The van der Waals surface area contributed by atoms with Crippen LogP contribution in [0, 0.1) is 0 Å². The smallest absolute Gasteiger partial charge is 0.241 e. The number of rotatable bonds is 7. The summed E-state index contributed by atoms with van der Waals surface area (Å²) in [6, 6.07) is 0.126. The van der Waals surface area contributed by atoms with Gasteiger partial charge in [-0.1, -0.05) is 0 Å². The molecule has 0 aromatic carbocycles. The highest BCUT2D eigenvalue weighted by Crippen LogP contribution is 2.03. The molecule has 17 heavy (non-hydrogen) atoms. The van der Waals surface area contributed by atoms with Crippen LogP contribution < -0.4 is 5.73 Å². The van der Waals surface area contributed by atoms with Crippen LogP contribution in [0.15, 0.2) is 0 Å². The average Bonchev–Trinajstić information content (AvgIpc) is 2.24. The molecule has 0 saturated carbocycles. The highest BCUT2D eigenvalue weighted by Gasteiger charge is 2.16. The van der Waals surface area contributed by atoms with E-state index in [1.54, 1.807) is 19.0 Å². The van der Waals surface area contributed by atoms with E-state index in [9.17, 15) is 9.59 Å². The van der Waals surface area contributed by atoms with Crippen molar-refractivity contribution in [2.45, 2.75) is 39.2 Å². The Labute approximate surface area is 104 Å². The van der Waals surface area contributed by atoms with Crippen molar-refractivity contribution < 1.29 is 9.59 Å². The summed E-state index contributed by atoms with van der Waals surface area (Å²) >= 11 is 0. The lowest BCUT2D eigenvalue weighted by Gasteiger charge is -2.22. The maximum Gasteiger partial charge on any atom is 0.241 e. The van der Waals surface area contributed by atoms with Crippen molar-refractivity contribution >= 4 is 11.8 Å². The first kappa shape index (κ1) is 15.9. The Morgan fingerprint density at radius 2 is 1.82 bits per heavy atom. The van der Waals surface area contributed by atoms with Gasteiger partial charge in [0.05, 0.1) is 6.54 Å². The van der Waals surface area contributed by atoms with Crippen LogP contribution in [0.1, 0.15) is 33.1 Å². The highest BCUT2D eigenvalue weighted by molar-refractivity contribution is 5.84. The van der Waals surface area contributed by atoms with Crippen LogP contribution >= 0.6 is 0 Å². The third-order valence-corrected chi connectivity index (χ3v) is 2.61. The second kappa shape index (κ2) is 8.06. The number of hydrogen-bond donors (Lipinski definition) is 1. The van der Waals surface area contributed by atoms with Gasteiger partial charge in [-0.15, -0.1) is 0 Å². The van der Waals surface area contributed by atoms with Gasteiger partial charge in [-0.05, 0) is 26.7 Å². The first-order valence-electron chi connectivity index (χ1n) is 6.12. The Hall–Kier alpha value is -1.10. The standard InChI is InChI=1S/C12H25N3O2/c1-5-15(9-12(17)14(3)4)11(16)8-6-7-10(2)13/h10H,5-9,13H2,1-4H3. The third-order valence-electron chi connectivity index (χ3n) is 2.61. The molecule has 100 valence electrons. The molecule has 0 heterocycles. The minimum Gasteiger partial charge on any atom is -0.347 e. The van der Waals surface area contributed by atoms with Gasteiger partial charge in [-0.3, -0.25) is 9.59 Å². The molecular weight excluding hydrogens is 218 g/mol. The van der Waals surface area contributed by atoms with Crippen LogP contribution in [0.5, 0.6) is 0 Å². The van der Waals surface area contributed by atoms with Gasteiger partial charge in [0.2, 0.25) is 11.8 Å². The van der Waals surface area contributed by atoms with Gasteiger partial charge in [-0.2, -0.15) is 0 Å². The molecule has 2 N–H and O–H groups in total. The van der Waals surface area contributed by atoms with E-state index < -0.39 is 0 Å². The Morgan fingerprint density at radius 3 is 2.24 bits per heavy atom. The molecule has 0 aliphatic carbocycles. The van der Waals surface area contributed by atoms with E-state index in [2.05, 4.69) is 0 Å². The lowest BCUT2D eigenvalue weighted by atomic mass is 10.1. The normalized spacial score (nSPS) is 12.1. The molecule has 5 heteroatoms. The molecule has 0 aromatic rings. The summed E-state index contributed by atoms with van der Waals surface area (Å²) < 4.78 is 0. The topological polar surface area (TPSA) is 66.6 Å². The van der Waals surface area contributed by atoms with Crippen LogP contribution in [0.4, 0.5) is 0 Å². The minimum absolute atomic E-state index is 0.0309. The summed E-state index contributed by atoms with van der Waals surface area (Å²) in [5.41, 5.74) is 5.62. The summed E-state index contributed by atoms with van der Waals surface area (Å²) in [4.78, 5) is 26.4. The lowest BCUT2D eigenvalue weighted by Crippen LogP contribution is -2.40. The number of carbonyl (C=O) groups excluding carboxylic acids is 2. The second-order valence-electron chi connectivity index (χ2n) is 4.57. The Kier molecular flexibility index (Phi) is 7.54. The molecule has 2 amide bonds. The van der Waals surface area contributed by atoms with Crippen LogP contribution in [0.25, 0.3) is 0 Å². The van der Waals surface area contributed by atoms with E-state index in [0.717, 1.165) is 12.8 Å². The van der Waals surface area contributed by atoms with Crippen molar-refractivity contribution in [1.29, 1.82) is 0 Å². The minimum atomic E-state index is -0.0487.